The molecule has 0 spiro atoms. The predicted octanol–water partition coefficient (Wildman–Crippen LogP) is 2.91. The van der Waals surface area contributed by atoms with Crippen molar-refractivity contribution in [2.75, 3.05) is 0 Å². The van der Waals surface area contributed by atoms with Crippen molar-refractivity contribution in [3.05, 3.63) is 0 Å². The Hall–Kier alpha value is -0.530. The molecule has 0 unspecified atom stereocenters. The molecule has 0 saturated carbocycles. The Morgan fingerprint density at radius 3 is 2.42 bits per heavy atom. The van der Waals surface area contributed by atoms with Crippen LogP contribution >= 0.6 is 0 Å². The zero-order chi connectivity index (χ0) is 9.40. The molecule has 12 heavy (non-hydrogen) atoms. The highest BCUT2D eigenvalue weighted by molar-refractivity contribution is 5.69. The number of hydrogen-bond acceptors (Lipinski definition) is 2. The Labute approximate surface area is 75.3 Å². The van der Waals surface area contributed by atoms with E-state index in [-0.39, 0.29) is 12.1 Å². The van der Waals surface area contributed by atoms with E-state index in [4.69, 9.17) is 4.74 Å². The first-order valence-electron chi connectivity index (χ1n) is 4.86. The Morgan fingerprint density at radius 2 is 1.92 bits per heavy atom. The van der Waals surface area contributed by atoms with Crippen LogP contribution in [0.5, 0.6) is 0 Å². The van der Waals surface area contributed by atoms with E-state index in [1.165, 1.54) is 12.8 Å². The van der Waals surface area contributed by atoms with Crippen molar-refractivity contribution < 1.29 is 9.53 Å². The molecule has 0 aromatic heterocycles. The van der Waals surface area contributed by atoms with Crippen LogP contribution in [0.4, 0.5) is 0 Å². The largest absolute Gasteiger partial charge is 0.463 e. The molecule has 0 atom stereocenters. The second kappa shape index (κ2) is 7.14. The van der Waals surface area contributed by atoms with E-state index in [9.17, 15) is 4.79 Å². The van der Waals surface area contributed by atoms with Gasteiger partial charge in [0.1, 0.15) is 0 Å². The number of esters is 1. The lowest BCUT2D eigenvalue weighted by Gasteiger charge is -2.06. The van der Waals surface area contributed by atoms with E-state index >= 15 is 0 Å². The molecule has 0 aliphatic carbocycles. The van der Waals surface area contributed by atoms with E-state index in [0.717, 1.165) is 12.8 Å². The summed E-state index contributed by atoms with van der Waals surface area (Å²) in [5.74, 6) is -0.0545. The molecule has 0 aromatic carbocycles. The summed E-state index contributed by atoms with van der Waals surface area (Å²) >= 11 is 0. The SMILES string of the molecule is CCCCCCC(=O)OC(C)C. The Balaban J connectivity index is 3.20. The number of unbranched alkanes of at least 4 members (excludes halogenated alkanes) is 3. The minimum atomic E-state index is -0.0545. The van der Waals surface area contributed by atoms with Gasteiger partial charge < -0.3 is 4.74 Å². The first-order valence-corrected chi connectivity index (χ1v) is 4.86. The summed E-state index contributed by atoms with van der Waals surface area (Å²) in [6, 6.07) is 0. The quantitative estimate of drug-likeness (QED) is 0.455. The van der Waals surface area contributed by atoms with Crippen LogP contribution in [0.15, 0.2) is 0 Å². The minimum Gasteiger partial charge on any atom is -0.463 e. The molecule has 0 fully saturated rings. The number of ether oxygens (including phenoxy) is 1. The molecule has 2 nitrogen and oxygen atoms in total. The van der Waals surface area contributed by atoms with Crippen LogP contribution in [0.3, 0.4) is 0 Å². The zero-order valence-corrected chi connectivity index (χ0v) is 8.43. The van der Waals surface area contributed by atoms with Gasteiger partial charge in [-0.1, -0.05) is 26.2 Å². The third kappa shape index (κ3) is 7.58. The molecular formula is C10H20O2. The molecule has 0 heterocycles. The second-order valence-corrected chi connectivity index (χ2v) is 3.35. The fourth-order valence-corrected chi connectivity index (χ4v) is 1.02. The third-order valence-corrected chi connectivity index (χ3v) is 1.60. The standard InChI is InChI=1S/C10H20O2/c1-4-5-6-7-8-10(11)12-9(2)3/h9H,4-8H2,1-3H3. The summed E-state index contributed by atoms with van der Waals surface area (Å²) in [4.78, 5) is 11.0. The van der Waals surface area contributed by atoms with E-state index in [0.29, 0.717) is 6.42 Å². The first-order chi connectivity index (χ1) is 5.66. The maximum absolute atomic E-state index is 11.0. The number of rotatable bonds is 6. The van der Waals surface area contributed by atoms with Gasteiger partial charge in [0, 0.05) is 6.42 Å². The van der Waals surface area contributed by atoms with Crippen molar-refractivity contribution in [3.8, 4) is 0 Å². The summed E-state index contributed by atoms with van der Waals surface area (Å²) in [6.07, 6.45) is 5.15. The normalized spacial score (nSPS) is 10.3. The van der Waals surface area contributed by atoms with Crippen molar-refractivity contribution in [1.82, 2.24) is 0 Å². The maximum Gasteiger partial charge on any atom is 0.306 e. The predicted molar refractivity (Wildman–Crippen MR) is 50.0 cm³/mol. The van der Waals surface area contributed by atoms with Gasteiger partial charge in [0.2, 0.25) is 0 Å². The molecular weight excluding hydrogens is 152 g/mol. The van der Waals surface area contributed by atoms with Crippen LogP contribution in [0, 0.1) is 0 Å². The highest BCUT2D eigenvalue weighted by Gasteiger charge is 2.03. The van der Waals surface area contributed by atoms with Gasteiger partial charge in [-0.3, -0.25) is 4.79 Å². The number of hydrogen-bond donors (Lipinski definition) is 0. The molecule has 0 aliphatic heterocycles. The minimum absolute atomic E-state index is 0.0312. The molecule has 0 rings (SSSR count). The molecule has 0 saturated heterocycles. The lowest BCUT2D eigenvalue weighted by molar-refractivity contribution is -0.147. The molecule has 72 valence electrons. The van der Waals surface area contributed by atoms with Crippen molar-refractivity contribution in [1.29, 1.82) is 0 Å². The molecule has 0 N–H and O–H groups in total. The smallest absolute Gasteiger partial charge is 0.306 e. The van der Waals surface area contributed by atoms with Crippen LogP contribution in [-0.4, -0.2) is 12.1 Å². The summed E-state index contributed by atoms with van der Waals surface area (Å²) in [5, 5.41) is 0. The molecule has 0 aromatic rings. The fraction of sp³-hybridized carbons (Fsp3) is 0.900. The van der Waals surface area contributed by atoms with Gasteiger partial charge in [0.15, 0.2) is 0 Å². The maximum atomic E-state index is 11.0. The summed E-state index contributed by atoms with van der Waals surface area (Å²) in [5.41, 5.74) is 0. The van der Waals surface area contributed by atoms with Crippen LogP contribution in [0.1, 0.15) is 52.9 Å². The Bertz CT molecular complexity index is 119. The fourth-order valence-electron chi connectivity index (χ4n) is 1.02. The van der Waals surface area contributed by atoms with Gasteiger partial charge in [-0.15, -0.1) is 0 Å². The zero-order valence-electron chi connectivity index (χ0n) is 8.43. The van der Waals surface area contributed by atoms with Gasteiger partial charge in [0.25, 0.3) is 0 Å². The number of carbonyl (C=O) groups is 1. The lowest BCUT2D eigenvalue weighted by atomic mass is 10.1. The van der Waals surface area contributed by atoms with Gasteiger partial charge in [-0.25, -0.2) is 0 Å². The van der Waals surface area contributed by atoms with Crippen molar-refractivity contribution in [2.24, 2.45) is 0 Å². The van der Waals surface area contributed by atoms with E-state index in [1.807, 2.05) is 13.8 Å². The average Bonchev–Trinajstić information content (AvgIpc) is 1.97. The monoisotopic (exact) mass is 172 g/mol. The van der Waals surface area contributed by atoms with Gasteiger partial charge >= 0.3 is 5.97 Å². The van der Waals surface area contributed by atoms with Gasteiger partial charge in [-0.05, 0) is 20.3 Å². The topological polar surface area (TPSA) is 26.3 Å². The van der Waals surface area contributed by atoms with Crippen LogP contribution in [0.2, 0.25) is 0 Å². The molecule has 0 bridgehead atoms. The second-order valence-electron chi connectivity index (χ2n) is 3.35. The van der Waals surface area contributed by atoms with Crippen LogP contribution in [0.25, 0.3) is 0 Å². The number of carbonyl (C=O) groups excluding carboxylic acids is 1. The molecule has 0 radical (unpaired) electrons. The van der Waals surface area contributed by atoms with E-state index in [1.54, 1.807) is 0 Å². The average molecular weight is 172 g/mol. The Kier molecular flexibility index (Phi) is 6.82. The highest BCUT2D eigenvalue weighted by Crippen LogP contribution is 2.04. The highest BCUT2D eigenvalue weighted by atomic mass is 16.5. The van der Waals surface area contributed by atoms with E-state index < -0.39 is 0 Å². The summed E-state index contributed by atoms with van der Waals surface area (Å²) in [6.45, 7) is 5.92. The van der Waals surface area contributed by atoms with Crippen molar-refractivity contribution in [2.45, 2.75) is 59.0 Å². The van der Waals surface area contributed by atoms with Gasteiger partial charge in [0.05, 0.1) is 6.10 Å². The van der Waals surface area contributed by atoms with Gasteiger partial charge in [-0.2, -0.15) is 0 Å². The molecule has 0 amide bonds. The molecule has 2 heteroatoms. The van der Waals surface area contributed by atoms with Crippen LogP contribution in [-0.2, 0) is 9.53 Å². The molecule has 0 aliphatic rings. The van der Waals surface area contributed by atoms with Crippen molar-refractivity contribution in [3.63, 3.8) is 0 Å². The summed E-state index contributed by atoms with van der Waals surface area (Å²) in [7, 11) is 0. The van der Waals surface area contributed by atoms with E-state index in [2.05, 4.69) is 6.92 Å². The lowest BCUT2D eigenvalue weighted by Crippen LogP contribution is -2.10. The van der Waals surface area contributed by atoms with Crippen LogP contribution < -0.4 is 0 Å². The third-order valence-electron chi connectivity index (χ3n) is 1.60. The van der Waals surface area contributed by atoms with Crippen molar-refractivity contribution >= 4 is 5.97 Å². The Morgan fingerprint density at radius 1 is 1.25 bits per heavy atom. The first kappa shape index (κ1) is 11.5. The summed E-state index contributed by atoms with van der Waals surface area (Å²) < 4.78 is 4.99.